The van der Waals surface area contributed by atoms with Gasteiger partial charge in [-0.05, 0) is 0 Å². The van der Waals surface area contributed by atoms with Gasteiger partial charge in [-0.2, -0.15) is 0 Å². The maximum atomic E-state index is 2.43. The molecular formula is C24H33Er. The van der Waals surface area contributed by atoms with Crippen molar-refractivity contribution < 1.29 is 31.5 Å². The van der Waals surface area contributed by atoms with Gasteiger partial charge in [0.15, 0.2) is 0 Å². The number of hydrogen-bond donors (Lipinski definition) is 0. The van der Waals surface area contributed by atoms with Crippen molar-refractivity contribution in [1.82, 2.24) is 0 Å². The van der Waals surface area contributed by atoms with E-state index in [2.05, 4.69) is 78.0 Å². The van der Waals surface area contributed by atoms with E-state index < -0.39 is 31.5 Å². The van der Waals surface area contributed by atoms with Crippen LogP contribution >= 0.6 is 0 Å². The van der Waals surface area contributed by atoms with Gasteiger partial charge >= 0.3 is 168 Å². The molecule has 3 aliphatic rings. The van der Waals surface area contributed by atoms with Crippen molar-refractivity contribution in [3.63, 3.8) is 0 Å². The molecule has 0 fully saturated rings. The second-order valence-corrected chi connectivity index (χ2v) is 12.7. The van der Waals surface area contributed by atoms with Crippen molar-refractivity contribution >= 4 is 0 Å². The molecule has 0 saturated carbocycles. The van der Waals surface area contributed by atoms with E-state index >= 15 is 0 Å². The minimum atomic E-state index is -1.28. The van der Waals surface area contributed by atoms with Crippen LogP contribution < -0.4 is 0 Å². The van der Waals surface area contributed by atoms with Gasteiger partial charge in [0, 0.05) is 0 Å². The van der Waals surface area contributed by atoms with E-state index in [1.54, 1.807) is 16.7 Å². The van der Waals surface area contributed by atoms with Crippen LogP contribution in [0.15, 0.2) is 58.4 Å². The predicted molar refractivity (Wildman–Crippen MR) is 107 cm³/mol. The van der Waals surface area contributed by atoms with Gasteiger partial charge in [-0.15, -0.1) is 0 Å². The van der Waals surface area contributed by atoms with Crippen LogP contribution in [0.5, 0.6) is 0 Å². The molecule has 0 saturated heterocycles. The van der Waals surface area contributed by atoms with Crippen LogP contribution in [-0.4, -0.2) is 0 Å². The molecule has 0 unspecified atom stereocenters. The minimum absolute atomic E-state index is 0.638. The molecule has 0 radical (unpaired) electrons. The molecule has 0 aromatic carbocycles. The standard InChI is InChI=1S/3C8H11.Er/c3*1-7(2)8-5-3-4-6-8;/h3*3,5,7H,4H2,1-2H3;. The Hall–Kier alpha value is -0.313. The molecule has 3 aliphatic carbocycles. The third-order valence-electron chi connectivity index (χ3n) is 4.98. The Morgan fingerprint density at radius 2 is 0.840 bits per heavy atom. The molecule has 0 amide bonds. The van der Waals surface area contributed by atoms with E-state index in [1.807, 2.05) is 5.20 Å². The molecule has 141 valence electrons. The molecule has 0 bridgehead atoms. The van der Waals surface area contributed by atoms with Crippen molar-refractivity contribution in [2.45, 2.75) is 60.8 Å². The Bertz CT molecular complexity index is 617. The van der Waals surface area contributed by atoms with Crippen LogP contribution in [0.3, 0.4) is 0 Å². The Labute approximate surface area is 167 Å². The van der Waals surface area contributed by atoms with Crippen molar-refractivity contribution in [1.29, 1.82) is 0 Å². The molecule has 3 rings (SSSR count). The van der Waals surface area contributed by atoms with Crippen LogP contribution in [0.4, 0.5) is 0 Å². The van der Waals surface area contributed by atoms with Gasteiger partial charge in [0.25, 0.3) is 0 Å². The van der Waals surface area contributed by atoms with E-state index in [1.165, 1.54) is 19.3 Å². The van der Waals surface area contributed by atoms with Gasteiger partial charge in [0.2, 0.25) is 0 Å². The van der Waals surface area contributed by atoms with Gasteiger partial charge in [0.1, 0.15) is 0 Å². The van der Waals surface area contributed by atoms with E-state index in [-0.39, 0.29) is 0 Å². The predicted octanol–water partition coefficient (Wildman–Crippen LogP) is 7.22. The summed E-state index contributed by atoms with van der Waals surface area (Å²) in [6, 6.07) is 0. The molecule has 0 N–H and O–H groups in total. The molecule has 0 heterocycles. The SMILES string of the molecule is CC(C)C1=[C]([Er]([C]2=C(C(C)C)C=CC2)[C]2=C(C(C)C)C=CC2)CC=C1. The molecule has 0 spiro atoms. The van der Waals surface area contributed by atoms with Crippen molar-refractivity contribution in [2.24, 2.45) is 17.8 Å². The number of allylic oxidation sites excluding steroid dienone is 12. The van der Waals surface area contributed by atoms with Crippen molar-refractivity contribution in [2.75, 3.05) is 0 Å². The summed E-state index contributed by atoms with van der Waals surface area (Å²) in [6.07, 6.45) is 18.1. The summed E-state index contributed by atoms with van der Waals surface area (Å²) in [4.78, 5) is 0. The maximum absolute atomic E-state index is 2.43. The second-order valence-electron chi connectivity index (χ2n) is 7.92. The monoisotopic (exact) mass is 487 g/mol. The quantitative estimate of drug-likeness (QED) is 0.370. The Morgan fingerprint density at radius 1 is 0.560 bits per heavy atom. The Balaban J connectivity index is 2.17. The average molecular weight is 489 g/mol. The van der Waals surface area contributed by atoms with Crippen molar-refractivity contribution in [3.05, 3.63) is 58.4 Å². The summed E-state index contributed by atoms with van der Waals surface area (Å²) in [5.74, 6) is 1.91. The molecule has 1 heteroatoms. The molecule has 0 aromatic rings. The first kappa shape index (κ1) is 19.4. The first-order valence-electron chi connectivity index (χ1n) is 9.66. The van der Waals surface area contributed by atoms with Crippen LogP contribution in [0.25, 0.3) is 0 Å². The fourth-order valence-electron chi connectivity index (χ4n) is 3.62. The summed E-state index contributed by atoms with van der Waals surface area (Å²) in [5, 5.41) is 0. The van der Waals surface area contributed by atoms with E-state index in [4.69, 9.17) is 0 Å². The third-order valence-corrected chi connectivity index (χ3v) is 11.1. The summed E-state index contributed by atoms with van der Waals surface area (Å²) < 4.78 is 5.43. The van der Waals surface area contributed by atoms with E-state index in [0.29, 0.717) is 17.8 Å². The zero-order chi connectivity index (χ0) is 18.1. The Kier molecular flexibility index (Phi) is 6.34. The molecule has 0 nitrogen and oxygen atoms in total. The van der Waals surface area contributed by atoms with Crippen LogP contribution in [0.2, 0.25) is 0 Å². The fraction of sp³-hybridized carbons (Fsp3) is 0.500. The summed E-state index contributed by atoms with van der Waals surface area (Å²) in [5.41, 5.74) is 4.92. The van der Waals surface area contributed by atoms with Gasteiger partial charge < -0.3 is 0 Å². The zero-order valence-electron chi connectivity index (χ0n) is 16.6. The molecular weight excluding hydrogens is 456 g/mol. The van der Waals surface area contributed by atoms with Crippen LogP contribution in [-0.2, 0) is 0 Å². The summed E-state index contributed by atoms with van der Waals surface area (Å²) in [7, 11) is 0. The third kappa shape index (κ3) is 3.87. The molecule has 25 heavy (non-hydrogen) atoms. The first-order chi connectivity index (χ1) is 11.9. The zero-order valence-corrected chi connectivity index (χ0v) is 18.5. The number of hydrogen-bond acceptors (Lipinski definition) is 0. The fourth-order valence-corrected chi connectivity index (χ4v) is 11.1. The normalized spacial score (nSPS) is 20.8. The summed E-state index contributed by atoms with van der Waals surface area (Å²) in [6.45, 7) is 14.2. The van der Waals surface area contributed by atoms with Crippen molar-refractivity contribution in [3.8, 4) is 0 Å². The summed E-state index contributed by atoms with van der Waals surface area (Å²) >= 11 is -1.28. The topological polar surface area (TPSA) is 0 Å². The number of rotatable bonds is 6. The Morgan fingerprint density at radius 3 is 1.08 bits per heavy atom. The van der Waals surface area contributed by atoms with Gasteiger partial charge in [-0.1, -0.05) is 0 Å². The van der Waals surface area contributed by atoms with Gasteiger partial charge in [0.05, 0.1) is 0 Å². The van der Waals surface area contributed by atoms with E-state index in [0.717, 1.165) is 0 Å². The second kappa shape index (κ2) is 8.15. The molecule has 0 aromatic heterocycles. The van der Waals surface area contributed by atoms with Crippen LogP contribution in [0, 0.1) is 49.3 Å². The first-order valence-corrected chi connectivity index (χ1v) is 12.4. The van der Waals surface area contributed by atoms with E-state index in [9.17, 15) is 0 Å². The van der Waals surface area contributed by atoms with Gasteiger partial charge in [-0.3, -0.25) is 0 Å². The molecule has 0 aliphatic heterocycles. The molecule has 0 atom stereocenters. The van der Waals surface area contributed by atoms with Crippen LogP contribution in [0.1, 0.15) is 60.8 Å². The van der Waals surface area contributed by atoms with Gasteiger partial charge in [-0.25, -0.2) is 0 Å². The average Bonchev–Trinajstić information content (AvgIpc) is 3.28.